The highest BCUT2D eigenvalue weighted by molar-refractivity contribution is 5.82. The van der Waals surface area contributed by atoms with E-state index in [9.17, 15) is 4.79 Å². The Balaban J connectivity index is 1.63. The van der Waals surface area contributed by atoms with Crippen molar-refractivity contribution in [1.29, 1.82) is 0 Å². The van der Waals surface area contributed by atoms with Crippen LogP contribution in [0.5, 0.6) is 0 Å². The normalized spacial score (nSPS) is 32.0. The molecule has 0 bridgehead atoms. The summed E-state index contributed by atoms with van der Waals surface area (Å²) in [5, 5.41) is 6.48. The van der Waals surface area contributed by atoms with Gasteiger partial charge in [-0.2, -0.15) is 0 Å². The molecule has 116 valence electrons. The van der Waals surface area contributed by atoms with Gasteiger partial charge in [0.2, 0.25) is 5.91 Å². The van der Waals surface area contributed by atoms with Gasteiger partial charge < -0.3 is 15.5 Å². The molecule has 0 aromatic carbocycles. The zero-order valence-electron chi connectivity index (χ0n) is 13.2. The molecular formula is C16H31N3O. The molecule has 2 atom stereocenters. The fourth-order valence-corrected chi connectivity index (χ4v) is 3.44. The number of nitrogens with zero attached hydrogens (tertiary/aromatic N) is 1. The summed E-state index contributed by atoms with van der Waals surface area (Å²) in [4.78, 5) is 14.8. The summed E-state index contributed by atoms with van der Waals surface area (Å²) >= 11 is 0. The predicted octanol–water partition coefficient (Wildman–Crippen LogP) is 1.76. The molecule has 0 saturated carbocycles. The summed E-state index contributed by atoms with van der Waals surface area (Å²) in [7, 11) is 0. The number of piperidine rings is 2. The Morgan fingerprint density at radius 3 is 2.95 bits per heavy atom. The third kappa shape index (κ3) is 4.19. The molecule has 2 aliphatic rings. The molecule has 2 aliphatic heterocycles. The van der Waals surface area contributed by atoms with E-state index in [0.717, 1.165) is 51.5 Å². The van der Waals surface area contributed by atoms with Crippen LogP contribution in [-0.4, -0.2) is 49.6 Å². The van der Waals surface area contributed by atoms with Crippen molar-refractivity contribution in [3.63, 3.8) is 0 Å². The minimum Gasteiger partial charge on any atom is -0.356 e. The third-order valence-electron chi connectivity index (χ3n) is 4.99. The minimum absolute atomic E-state index is 0.198. The molecule has 2 fully saturated rings. The van der Waals surface area contributed by atoms with Crippen molar-refractivity contribution in [3.8, 4) is 0 Å². The first-order chi connectivity index (χ1) is 9.62. The Bertz CT molecular complexity index is 313. The average Bonchev–Trinajstić information content (AvgIpc) is 2.46. The van der Waals surface area contributed by atoms with Crippen LogP contribution in [-0.2, 0) is 4.79 Å². The van der Waals surface area contributed by atoms with Crippen LogP contribution in [0.15, 0.2) is 0 Å². The van der Waals surface area contributed by atoms with Gasteiger partial charge >= 0.3 is 0 Å². The van der Waals surface area contributed by atoms with Gasteiger partial charge in [0.25, 0.3) is 0 Å². The molecule has 0 aromatic rings. The Morgan fingerprint density at radius 2 is 2.25 bits per heavy atom. The van der Waals surface area contributed by atoms with E-state index >= 15 is 0 Å². The molecule has 4 nitrogen and oxygen atoms in total. The summed E-state index contributed by atoms with van der Waals surface area (Å²) < 4.78 is 0. The lowest BCUT2D eigenvalue weighted by atomic mass is 9.82. The Kier molecular flexibility index (Phi) is 5.85. The van der Waals surface area contributed by atoms with Gasteiger partial charge in [-0.25, -0.2) is 0 Å². The number of amides is 1. The molecule has 0 aromatic heterocycles. The average molecular weight is 281 g/mol. The van der Waals surface area contributed by atoms with Gasteiger partial charge in [0.15, 0.2) is 0 Å². The first kappa shape index (κ1) is 15.8. The minimum atomic E-state index is -0.198. The smallest absolute Gasteiger partial charge is 0.227 e. The third-order valence-corrected chi connectivity index (χ3v) is 4.99. The van der Waals surface area contributed by atoms with Crippen molar-refractivity contribution in [2.45, 2.75) is 58.4 Å². The largest absolute Gasteiger partial charge is 0.356 e. The molecule has 2 unspecified atom stereocenters. The SMILES string of the molecule is CC1CCCCN1CCCNC(=O)C1(C)CCCNC1. The van der Waals surface area contributed by atoms with Crippen LogP contribution in [0.1, 0.15) is 52.4 Å². The number of rotatable bonds is 5. The fourth-order valence-electron chi connectivity index (χ4n) is 3.44. The van der Waals surface area contributed by atoms with Crippen LogP contribution in [0.2, 0.25) is 0 Å². The molecule has 2 heterocycles. The van der Waals surface area contributed by atoms with Crippen LogP contribution in [0, 0.1) is 5.41 Å². The quantitative estimate of drug-likeness (QED) is 0.755. The molecule has 2 saturated heterocycles. The van der Waals surface area contributed by atoms with Crippen LogP contribution in [0.4, 0.5) is 0 Å². The summed E-state index contributed by atoms with van der Waals surface area (Å²) in [6.45, 7) is 9.45. The van der Waals surface area contributed by atoms with Crippen molar-refractivity contribution in [2.24, 2.45) is 5.41 Å². The highest BCUT2D eigenvalue weighted by Gasteiger charge is 2.34. The van der Waals surface area contributed by atoms with Crippen LogP contribution in [0.3, 0.4) is 0 Å². The van der Waals surface area contributed by atoms with Crippen LogP contribution < -0.4 is 10.6 Å². The lowest BCUT2D eigenvalue weighted by molar-refractivity contribution is -0.131. The molecule has 1 amide bonds. The molecule has 4 heteroatoms. The maximum absolute atomic E-state index is 12.3. The van der Waals surface area contributed by atoms with Crippen LogP contribution in [0.25, 0.3) is 0 Å². The van der Waals surface area contributed by atoms with Gasteiger partial charge in [0, 0.05) is 25.7 Å². The summed E-state index contributed by atoms with van der Waals surface area (Å²) in [5.74, 6) is 0.233. The topological polar surface area (TPSA) is 44.4 Å². The number of nitrogens with one attached hydrogen (secondary N) is 2. The van der Waals surface area contributed by atoms with Crippen molar-refractivity contribution in [2.75, 3.05) is 32.7 Å². The zero-order valence-corrected chi connectivity index (χ0v) is 13.2. The number of likely N-dealkylation sites (tertiary alicyclic amines) is 1. The zero-order chi connectivity index (χ0) is 14.4. The van der Waals surface area contributed by atoms with E-state index < -0.39 is 0 Å². The number of carbonyl (C=O) groups excluding carboxylic acids is 1. The van der Waals surface area contributed by atoms with E-state index in [1.165, 1.54) is 25.8 Å². The van der Waals surface area contributed by atoms with Gasteiger partial charge in [0.05, 0.1) is 5.41 Å². The number of hydrogen-bond donors (Lipinski definition) is 2. The van der Waals surface area contributed by atoms with Gasteiger partial charge in [-0.05, 0) is 59.0 Å². The van der Waals surface area contributed by atoms with Crippen molar-refractivity contribution < 1.29 is 4.79 Å². The number of carbonyl (C=O) groups is 1. The summed E-state index contributed by atoms with van der Waals surface area (Å²) in [6, 6.07) is 0.722. The molecular weight excluding hydrogens is 250 g/mol. The molecule has 0 spiro atoms. The number of hydrogen-bond acceptors (Lipinski definition) is 3. The second-order valence-electron chi connectivity index (χ2n) is 6.83. The van der Waals surface area contributed by atoms with E-state index in [2.05, 4.69) is 29.4 Å². The predicted molar refractivity (Wildman–Crippen MR) is 82.7 cm³/mol. The van der Waals surface area contributed by atoms with E-state index in [1.807, 2.05) is 0 Å². The standard InChI is InChI=1S/C16H31N3O/c1-14-7-3-4-11-19(14)12-6-10-18-15(20)16(2)8-5-9-17-13-16/h14,17H,3-13H2,1-2H3,(H,18,20). The summed E-state index contributed by atoms with van der Waals surface area (Å²) in [5.41, 5.74) is -0.198. The molecule has 20 heavy (non-hydrogen) atoms. The Labute approximate surface area is 123 Å². The van der Waals surface area contributed by atoms with Gasteiger partial charge in [-0.3, -0.25) is 4.79 Å². The second kappa shape index (κ2) is 7.41. The van der Waals surface area contributed by atoms with Crippen molar-refractivity contribution in [3.05, 3.63) is 0 Å². The van der Waals surface area contributed by atoms with E-state index in [0.29, 0.717) is 0 Å². The maximum atomic E-state index is 12.3. The monoisotopic (exact) mass is 281 g/mol. The molecule has 0 radical (unpaired) electrons. The van der Waals surface area contributed by atoms with Gasteiger partial charge in [-0.15, -0.1) is 0 Å². The highest BCUT2D eigenvalue weighted by atomic mass is 16.2. The first-order valence-corrected chi connectivity index (χ1v) is 8.35. The summed E-state index contributed by atoms with van der Waals surface area (Å²) in [6.07, 6.45) is 7.22. The van der Waals surface area contributed by atoms with Crippen LogP contribution >= 0.6 is 0 Å². The van der Waals surface area contributed by atoms with Gasteiger partial charge in [0.1, 0.15) is 0 Å². The lowest BCUT2D eigenvalue weighted by Gasteiger charge is -2.34. The highest BCUT2D eigenvalue weighted by Crippen LogP contribution is 2.25. The molecule has 0 aliphatic carbocycles. The Hall–Kier alpha value is -0.610. The second-order valence-corrected chi connectivity index (χ2v) is 6.83. The van der Waals surface area contributed by atoms with Gasteiger partial charge in [-0.1, -0.05) is 6.42 Å². The molecule has 2 N–H and O–H groups in total. The van der Waals surface area contributed by atoms with Crippen molar-refractivity contribution in [1.82, 2.24) is 15.5 Å². The van der Waals surface area contributed by atoms with Crippen molar-refractivity contribution >= 4 is 5.91 Å². The van der Waals surface area contributed by atoms with E-state index in [-0.39, 0.29) is 11.3 Å². The Morgan fingerprint density at radius 1 is 1.40 bits per heavy atom. The molecule has 2 rings (SSSR count). The lowest BCUT2D eigenvalue weighted by Crippen LogP contribution is -2.49. The fraction of sp³-hybridized carbons (Fsp3) is 0.938. The maximum Gasteiger partial charge on any atom is 0.227 e. The first-order valence-electron chi connectivity index (χ1n) is 8.35. The van der Waals surface area contributed by atoms with E-state index in [4.69, 9.17) is 0 Å². The van der Waals surface area contributed by atoms with E-state index in [1.54, 1.807) is 0 Å².